The fourth-order valence-corrected chi connectivity index (χ4v) is 3.60. The quantitative estimate of drug-likeness (QED) is 0.587. The molecule has 4 aromatic rings. The first-order chi connectivity index (χ1) is 11.7. The predicted octanol–water partition coefficient (Wildman–Crippen LogP) is 4.01. The zero-order chi connectivity index (χ0) is 16.7. The maximum atomic E-state index is 9.95. The molecule has 6 nitrogen and oxygen atoms in total. The lowest BCUT2D eigenvalue weighted by Gasteiger charge is -2.10. The van der Waals surface area contributed by atoms with Crippen molar-refractivity contribution >= 4 is 44.0 Å². The summed E-state index contributed by atoms with van der Waals surface area (Å²) in [7, 11) is 1.52. The fourth-order valence-electron chi connectivity index (χ4n) is 2.64. The van der Waals surface area contributed by atoms with Gasteiger partial charge in [-0.1, -0.05) is 0 Å². The van der Waals surface area contributed by atoms with Crippen LogP contribution in [0, 0.1) is 6.92 Å². The maximum Gasteiger partial charge on any atom is 0.160 e. The number of thiazole rings is 1. The average Bonchev–Trinajstić information content (AvgIpc) is 2.95. The zero-order valence-electron chi connectivity index (χ0n) is 13.1. The van der Waals surface area contributed by atoms with E-state index in [1.165, 1.54) is 13.4 Å². The van der Waals surface area contributed by atoms with E-state index in [1.54, 1.807) is 23.5 Å². The molecule has 0 radical (unpaired) electrons. The van der Waals surface area contributed by atoms with Gasteiger partial charge in [0.05, 0.1) is 33.2 Å². The molecule has 0 aliphatic rings. The van der Waals surface area contributed by atoms with Crippen molar-refractivity contribution in [3.63, 3.8) is 0 Å². The van der Waals surface area contributed by atoms with Gasteiger partial charge in [-0.2, -0.15) is 0 Å². The Balaban J connectivity index is 1.87. The zero-order valence-corrected chi connectivity index (χ0v) is 13.9. The lowest BCUT2D eigenvalue weighted by molar-refractivity contribution is 0.373. The summed E-state index contributed by atoms with van der Waals surface area (Å²) in [6.45, 7) is 1.98. The molecule has 0 atom stereocenters. The highest BCUT2D eigenvalue weighted by Crippen LogP contribution is 2.35. The van der Waals surface area contributed by atoms with Gasteiger partial charge in [0.2, 0.25) is 0 Å². The first-order valence-corrected chi connectivity index (χ1v) is 8.12. The molecule has 0 unspecified atom stereocenters. The van der Waals surface area contributed by atoms with Crippen LogP contribution in [0.3, 0.4) is 0 Å². The van der Waals surface area contributed by atoms with E-state index >= 15 is 0 Å². The van der Waals surface area contributed by atoms with Gasteiger partial charge in [-0.3, -0.25) is 0 Å². The highest BCUT2D eigenvalue weighted by Gasteiger charge is 2.12. The Morgan fingerprint density at radius 2 is 1.96 bits per heavy atom. The summed E-state index contributed by atoms with van der Waals surface area (Å²) in [5.41, 5.74) is 2.49. The van der Waals surface area contributed by atoms with Crippen LogP contribution in [0.4, 0.5) is 11.5 Å². The van der Waals surface area contributed by atoms with Crippen molar-refractivity contribution < 1.29 is 9.84 Å². The van der Waals surface area contributed by atoms with E-state index in [1.807, 2.05) is 25.1 Å². The smallest absolute Gasteiger partial charge is 0.160 e. The van der Waals surface area contributed by atoms with Gasteiger partial charge in [0.15, 0.2) is 11.5 Å². The SMILES string of the molecule is COc1ccc(Nc2ncnc3ccc4nc(C)sc4c23)cc1O. The number of aromatic nitrogens is 3. The van der Waals surface area contributed by atoms with Crippen LogP contribution in [-0.4, -0.2) is 27.2 Å². The minimum atomic E-state index is 0.0691. The molecule has 2 aromatic carbocycles. The fraction of sp³-hybridized carbons (Fsp3) is 0.118. The van der Waals surface area contributed by atoms with Crippen molar-refractivity contribution in [1.82, 2.24) is 15.0 Å². The number of fused-ring (bicyclic) bond motifs is 3. The molecule has 0 saturated carbocycles. The molecule has 0 spiro atoms. The summed E-state index contributed by atoms with van der Waals surface area (Å²) in [4.78, 5) is 13.3. The number of phenolic OH excluding ortho intramolecular Hbond substituents is 1. The van der Waals surface area contributed by atoms with Crippen molar-refractivity contribution in [3.05, 3.63) is 41.7 Å². The van der Waals surface area contributed by atoms with Crippen LogP contribution in [0.15, 0.2) is 36.7 Å². The summed E-state index contributed by atoms with van der Waals surface area (Å²) in [6.07, 6.45) is 1.52. The molecule has 0 bridgehead atoms. The number of ether oxygens (including phenoxy) is 1. The number of aryl methyl sites for hydroxylation is 1. The standard InChI is InChI=1S/C17H14N4O2S/c1-9-20-12-5-4-11-15(16(12)24-9)17(19-8-18-11)21-10-3-6-14(23-2)13(22)7-10/h3-8,22H,1-2H3,(H,18,19,21). The highest BCUT2D eigenvalue weighted by atomic mass is 32.1. The number of nitrogens with one attached hydrogen (secondary N) is 1. The summed E-state index contributed by atoms with van der Waals surface area (Å²) in [5, 5.41) is 15.1. The molecule has 2 N–H and O–H groups in total. The van der Waals surface area contributed by atoms with Crippen LogP contribution in [0.1, 0.15) is 5.01 Å². The number of rotatable bonds is 3. The van der Waals surface area contributed by atoms with Gasteiger partial charge < -0.3 is 15.2 Å². The first kappa shape index (κ1) is 14.6. The lowest BCUT2D eigenvalue weighted by Crippen LogP contribution is -1.96. The number of benzene rings is 2. The maximum absolute atomic E-state index is 9.95. The Hall–Kier alpha value is -2.93. The number of aromatic hydroxyl groups is 1. The van der Waals surface area contributed by atoms with Gasteiger partial charge in [0.25, 0.3) is 0 Å². The van der Waals surface area contributed by atoms with Crippen molar-refractivity contribution in [2.24, 2.45) is 0 Å². The van der Waals surface area contributed by atoms with E-state index in [2.05, 4.69) is 20.3 Å². The molecule has 0 aliphatic carbocycles. The van der Waals surface area contributed by atoms with Gasteiger partial charge in [-0.15, -0.1) is 11.3 Å². The Morgan fingerprint density at radius 1 is 1.12 bits per heavy atom. The van der Waals surface area contributed by atoms with Gasteiger partial charge in [0.1, 0.15) is 12.1 Å². The predicted molar refractivity (Wildman–Crippen MR) is 95.4 cm³/mol. The molecular weight excluding hydrogens is 324 g/mol. The van der Waals surface area contributed by atoms with Crippen molar-refractivity contribution in [3.8, 4) is 11.5 Å². The highest BCUT2D eigenvalue weighted by molar-refractivity contribution is 7.19. The molecule has 0 aliphatic heterocycles. The summed E-state index contributed by atoms with van der Waals surface area (Å²) >= 11 is 1.62. The molecule has 120 valence electrons. The van der Waals surface area contributed by atoms with Gasteiger partial charge in [-0.05, 0) is 31.2 Å². The molecule has 4 rings (SSSR count). The van der Waals surface area contributed by atoms with Crippen molar-refractivity contribution in [2.45, 2.75) is 6.92 Å². The van der Waals surface area contributed by atoms with E-state index in [0.29, 0.717) is 17.3 Å². The number of nitrogens with zero attached hydrogens (tertiary/aromatic N) is 3. The minimum absolute atomic E-state index is 0.0691. The Labute approximate surface area is 141 Å². The molecule has 7 heteroatoms. The van der Waals surface area contributed by atoms with E-state index in [9.17, 15) is 5.11 Å². The Morgan fingerprint density at radius 3 is 2.75 bits per heavy atom. The molecule has 0 saturated heterocycles. The van der Waals surface area contributed by atoms with E-state index in [-0.39, 0.29) is 5.75 Å². The number of phenols is 1. The normalized spacial score (nSPS) is 11.1. The molecule has 2 aromatic heterocycles. The summed E-state index contributed by atoms with van der Waals surface area (Å²) in [6, 6.07) is 9.04. The van der Waals surface area contributed by atoms with Crippen LogP contribution in [0.25, 0.3) is 21.1 Å². The molecule has 2 heterocycles. The second-order valence-electron chi connectivity index (χ2n) is 5.27. The number of methoxy groups -OCH3 is 1. The van der Waals surface area contributed by atoms with Crippen LogP contribution in [0.5, 0.6) is 11.5 Å². The second kappa shape index (κ2) is 5.61. The number of hydrogen-bond donors (Lipinski definition) is 2. The molecule has 0 amide bonds. The van der Waals surface area contributed by atoms with E-state index in [0.717, 1.165) is 26.1 Å². The Kier molecular flexibility index (Phi) is 3.42. The first-order valence-electron chi connectivity index (χ1n) is 7.30. The van der Waals surface area contributed by atoms with Gasteiger partial charge in [-0.25, -0.2) is 15.0 Å². The topological polar surface area (TPSA) is 80.2 Å². The molecule has 0 fully saturated rings. The third-order valence-electron chi connectivity index (χ3n) is 3.70. The molecule has 24 heavy (non-hydrogen) atoms. The van der Waals surface area contributed by atoms with Gasteiger partial charge >= 0.3 is 0 Å². The van der Waals surface area contributed by atoms with E-state index < -0.39 is 0 Å². The second-order valence-corrected chi connectivity index (χ2v) is 6.48. The largest absolute Gasteiger partial charge is 0.504 e. The summed E-state index contributed by atoms with van der Waals surface area (Å²) in [5.74, 6) is 1.17. The number of hydrogen-bond acceptors (Lipinski definition) is 7. The lowest BCUT2D eigenvalue weighted by atomic mass is 10.2. The monoisotopic (exact) mass is 338 g/mol. The van der Waals surface area contributed by atoms with E-state index in [4.69, 9.17) is 4.74 Å². The van der Waals surface area contributed by atoms with Gasteiger partial charge in [0, 0.05) is 11.8 Å². The van der Waals surface area contributed by atoms with Crippen LogP contribution >= 0.6 is 11.3 Å². The van der Waals surface area contributed by atoms with Crippen LogP contribution in [0.2, 0.25) is 0 Å². The van der Waals surface area contributed by atoms with Crippen molar-refractivity contribution in [1.29, 1.82) is 0 Å². The third kappa shape index (κ3) is 2.39. The van der Waals surface area contributed by atoms with Crippen LogP contribution in [-0.2, 0) is 0 Å². The number of anilines is 2. The van der Waals surface area contributed by atoms with Crippen LogP contribution < -0.4 is 10.1 Å². The molecular formula is C17H14N4O2S. The minimum Gasteiger partial charge on any atom is -0.504 e. The Bertz CT molecular complexity index is 1060. The summed E-state index contributed by atoms with van der Waals surface area (Å²) < 4.78 is 6.12. The average molecular weight is 338 g/mol. The third-order valence-corrected chi connectivity index (χ3v) is 4.71. The van der Waals surface area contributed by atoms with Crippen molar-refractivity contribution in [2.75, 3.05) is 12.4 Å².